The quantitative estimate of drug-likeness (QED) is 0.778. The van der Waals surface area contributed by atoms with E-state index in [1.165, 1.54) is 0 Å². The van der Waals surface area contributed by atoms with Crippen molar-refractivity contribution in [3.05, 3.63) is 29.8 Å². The predicted octanol–water partition coefficient (Wildman–Crippen LogP) is 1.39. The standard InChI is InChI=1S/C19H28N2O4/c1-15-11-21(12-18(15)20-6-8-24-9-7-20)19(22)14-25-13-16-4-3-5-17(10-16)23-2/h3-5,10,15,18H,6-9,11-14H2,1-2H3/t15-,18+/m0/s1. The monoisotopic (exact) mass is 348 g/mol. The molecule has 2 atom stereocenters. The number of amides is 1. The molecule has 0 N–H and O–H groups in total. The van der Waals surface area contributed by atoms with Crippen LogP contribution in [0.1, 0.15) is 12.5 Å². The van der Waals surface area contributed by atoms with Crippen LogP contribution in [0.15, 0.2) is 24.3 Å². The van der Waals surface area contributed by atoms with Crippen LogP contribution in [-0.4, -0.2) is 74.9 Å². The molecule has 0 unspecified atom stereocenters. The summed E-state index contributed by atoms with van der Waals surface area (Å²) in [6.07, 6.45) is 0. The fourth-order valence-electron chi connectivity index (χ4n) is 3.65. The van der Waals surface area contributed by atoms with E-state index in [4.69, 9.17) is 14.2 Å². The Balaban J connectivity index is 1.45. The Kier molecular flexibility index (Phi) is 6.29. The maximum atomic E-state index is 12.5. The average Bonchev–Trinajstić information content (AvgIpc) is 3.04. The molecule has 0 bridgehead atoms. The summed E-state index contributed by atoms with van der Waals surface area (Å²) in [7, 11) is 1.64. The third kappa shape index (κ3) is 4.71. The van der Waals surface area contributed by atoms with Crippen molar-refractivity contribution in [2.24, 2.45) is 5.92 Å². The van der Waals surface area contributed by atoms with E-state index < -0.39 is 0 Å². The first-order chi connectivity index (χ1) is 12.2. The highest BCUT2D eigenvalue weighted by Crippen LogP contribution is 2.23. The van der Waals surface area contributed by atoms with Crippen LogP contribution in [0.5, 0.6) is 5.75 Å². The van der Waals surface area contributed by atoms with Gasteiger partial charge in [0.05, 0.1) is 26.9 Å². The second-order valence-corrected chi connectivity index (χ2v) is 6.84. The molecule has 25 heavy (non-hydrogen) atoms. The number of hydrogen-bond acceptors (Lipinski definition) is 5. The molecule has 1 amide bonds. The highest BCUT2D eigenvalue weighted by atomic mass is 16.5. The Hall–Kier alpha value is -1.63. The van der Waals surface area contributed by atoms with E-state index in [1.54, 1.807) is 7.11 Å². The van der Waals surface area contributed by atoms with Gasteiger partial charge in [-0.2, -0.15) is 0 Å². The zero-order valence-corrected chi connectivity index (χ0v) is 15.1. The van der Waals surface area contributed by atoms with E-state index in [0.29, 0.717) is 18.6 Å². The van der Waals surface area contributed by atoms with Gasteiger partial charge < -0.3 is 19.1 Å². The van der Waals surface area contributed by atoms with Crippen LogP contribution in [0.3, 0.4) is 0 Å². The number of likely N-dealkylation sites (tertiary alicyclic amines) is 1. The van der Waals surface area contributed by atoms with Crippen LogP contribution in [0.25, 0.3) is 0 Å². The molecule has 0 aliphatic carbocycles. The fourth-order valence-corrected chi connectivity index (χ4v) is 3.65. The van der Waals surface area contributed by atoms with Gasteiger partial charge in [-0.3, -0.25) is 9.69 Å². The van der Waals surface area contributed by atoms with Gasteiger partial charge in [-0.05, 0) is 23.6 Å². The van der Waals surface area contributed by atoms with Gasteiger partial charge in [-0.15, -0.1) is 0 Å². The summed E-state index contributed by atoms with van der Waals surface area (Å²) in [4.78, 5) is 16.9. The van der Waals surface area contributed by atoms with Crippen molar-refractivity contribution in [3.8, 4) is 5.75 Å². The van der Waals surface area contributed by atoms with Crippen LogP contribution < -0.4 is 4.74 Å². The van der Waals surface area contributed by atoms with E-state index in [1.807, 2.05) is 29.2 Å². The molecule has 2 saturated heterocycles. The smallest absolute Gasteiger partial charge is 0.248 e. The average molecular weight is 348 g/mol. The van der Waals surface area contributed by atoms with Crippen molar-refractivity contribution in [3.63, 3.8) is 0 Å². The van der Waals surface area contributed by atoms with E-state index in [0.717, 1.165) is 50.7 Å². The van der Waals surface area contributed by atoms with Crippen LogP contribution in [0, 0.1) is 5.92 Å². The first-order valence-electron chi connectivity index (χ1n) is 8.97. The molecule has 2 aliphatic rings. The Morgan fingerprint density at radius 3 is 2.84 bits per heavy atom. The number of carbonyl (C=O) groups excluding carboxylic acids is 1. The summed E-state index contributed by atoms with van der Waals surface area (Å²) in [5.41, 5.74) is 1.01. The lowest BCUT2D eigenvalue weighted by atomic mass is 10.0. The van der Waals surface area contributed by atoms with Gasteiger partial charge in [0.25, 0.3) is 0 Å². The summed E-state index contributed by atoms with van der Waals surface area (Å²) < 4.78 is 16.3. The van der Waals surface area contributed by atoms with Crippen LogP contribution >= 0.6 is 0 Å². The zero-order chi connectivity index (χ0) is 17.6. The summed E-state index contributed by atoms with van der Waals surface area (Å²) in [5, 5.41) is 0. The highest BCUT2D eigenvalue weighted by Gasteiger charge is 2.36. The molecule has 0 spiro atoms. The number of morpholine rings is 1. The lowest BCUT2D eigenvalue weighted by Crippen LogP contribution is -2.47. The molecule has 3 rings (SSSR count). The lowest BCUT2D eigenvalue weighted by Gasteiger charge is -2.33. The van der Waals surface area contributed by atoms with Crippen molar-refractivity contribution in [1.82, 2.24) is 9.80 Å². The number of ether oxygens (including phenoxy) is 3. The molecule has 6 heteroatoms. The molecular weight excluding hydrogens is 320 g/mol. The van der Waals surface area contributed by atoms with Gasteiger partial charge in [0.15, 0.2) is 0 Å². The Labute approximate surface area is 149 Å². The van der Waals surface area contributed by atoms with E-state index in [9.17, 15) is 4.79 Å². The Morgan fingerprint density at radius 1 is 1.28 bits per heavy atom. The Morgan fingerprint density at radius 2 is 2.08 bits per heavy atom. The Bertz CT molecular complexity index is 574. The fraction of sp³-hybridized carbons (Fsp3) is 0.632. The van der Waals surface area contributed by atoms with Crippen molar-refractivity contribution >= 4 is 5.91 Å². The van der Waals surface area contributed by atoms with Crippen molar-refractivity contribution in [2.75, 3.05) is 53.1 Å². The molecule has 0 saturated carbocycles. The highest BCUT2D eigenvalue weighted by molar-refractivity contribution is 5.77. The topological polar surface area (TPSA) is 51.2 Å². The molecule has 2 fully saturated rings. The van der Waals surface area contributed by atoms with Crippen molar-refractivity contribution in [2.45, 2.75) is 19.6 Å². The second kappa shape index (κ2) is 8.65. The lowest BCUT2D eigenvalue weighted by molar-refractivity contribution is -0.135. The third-order valence-electron chi connectivity index (χ3n) is 5.07. The summed E-state index contributed by atoms with van der Waals surface area (Å²) >= 11 is 0. The van der Waals surface area contributed by atoms with Gasteiger partial charge in [-0.1, -0.05) is 19.1 Å². The number of carbonyl (C=O) groups is 1. The van der Waals surface area contributed by atoms with Gasteiger partial charge in [-0.25, -0.2) is 0 Å². The summed E-state index contributed by atoms with van der Waals surface area (Å²) in [5.74, 6) is 1.36. The minimum absolute atomic E-state index is 0.0745. The second-order valence-electron chi connectivity index (χ2n) is 6.84. The van der Waals surface area contributed by atoms with Crippen molar-refractivity contribution < 1.29 is 19.0 Å². The maximum Gasteiger partial charge on any atom is 0.248 e. The summed E-state index contributed by atoms with van der Waals surface area (Å²) in [6.45, 7) is 7.88. The SMILES string of the molecule is COc1cccc(COCC(=O)N2C[C@@H](N3CCOCC3)[C@@H](C)C2)c1. The summed E-state index contributed by atoms with van der Waals surface area (Å²) in [6, 6.07) is 8.16. The minimum Gasteiger partial charge on any atom is -0.497 e. The first-order valence-corrected chi connectivity index (χ1v) is 8.97. The minimum atomic E-state index is 0.0745. The number of nitrogens with zero attached hydrogens (tertiary/aromatic N) is 2. The maximum absolute atomic E-state index is 12.5. The molecule has 2 aliphatic heterocycles. The van der Waals surface area contributed by atoms with Crippen LogP contribution in [-0.2, 0) is 20.9 Å². The third-order valence-corrected chi connectivity index (χ3v) is 5.07. The van der Waals surface area contributed by atoms with E-state index in [-0.39, 0.29) is 12.5 Å². The van der Waals surface area contributed by atoms with Gasteiger partial charge in [0.1, 0.15) is 12.4 Å². The molecule has 1 aromatic rings. The normalized spacial score (nSPS) is 24.5. The molecule has 0 radical (unpaired) electrons. The largest absolute Gasteiger partial charge is 0.497 e. The number of hydrogen-bond donors (Lipinski definition) is 0. The predicted molar refractivity (Wildman–Crippen MR) is 94.6 cm³/mol. The van der Waals surface area contributed by atoms with Crippen LogP contribution in [0.4, 0.5) is 0 Å². The molecule has 0 aromatic heterocycles. The van der Waals surface area contributed by atoms with E-state index in [2.05, 4.69) is 11.8 Å². The van der Waals surface area contributed by atoms with E-state index >= 15 is 0 Å². The van der Waals surface area contributed by atoms with Crippen molar-refractivity contribution in [1.29, 1.82) is 0 Å². The number of methoxy groups -OCH3 is 1. The number of benzene rings is 1. The zero-order valence-electron chi connectivity index (χ0n) is 15.1. The van der Waals surface area contributed by atoms with Gasteiger partial charge in [0, 0.05) is 32.2 Å². The molecule has 6 nitrogen and oxygen atoms in total. The van der Waals surface area contributed by atoms with Gasteiger partial charge >= 0.3 is 0 Å². The molecule has 1 aromatic carbocycles. The van der Waals surface area contributed by atoms with Gasteiger partial charge in [0.2, 0.25) is 5.91 Å². The number of rotatable bonds is 6. The first kappa shape index (κ1) is 18.2. The molecule has 2 heterocycles. The molecular formula is C19H28N2O4. The van der Waals surface area contributed by atoms with Crippen LogP contribution in [0.2, 0.25) is 0 Å². The molecule has 138 valence electrons.